The Balaban J connectivity index is 1.86. The number of carbonyl (C=O) groups is 1. The van der Waals surface area contributed by atoms with E-state index in [9.17, 15) is 14.7 Å². The van der Waals surface area contributed by atoms with Gasteiger partial charge in [0.25, 0.3) is 5.56 Å². The molecule has 23 heavy (non-hydrogen) atoms. The summed E-state index contributed by atoms with van der Waals surface area (Å²) in [7, 11) is 0. The summed E-state index contributed by atoms with van der Waals surface area (Å²) < 4.78 is 0.351. The maximum absolute atomic E-state index is 12.0. The Labute approximate surface area is 137 Å². The van der Waals surface area contributed by atoms with E-state index < -0.39 is 5.97 Å². The van der Waals surface area contributed by atoms with E-state index >= 15 is 0 Å². The summed E-state index contributed by atoms with van der Waals surface area (Å²) in [5, 5.41) is 9.27. The summed E-state index contributed by atoms with van der Waals surface area (Å²) in [6.45, 7) is 5.44. The highest BCUT2D eigenvalue weighted by atomic mass is 32.1. The molecule has 2 aromatic heterocycles. The third-order valence-corrected chi connectivity index (χ3v) is 4.53. The lowest BCUT2D eigenvalue weighted by Crippen LogP contribution is -2.35. The predicted molar refractivity (Wildman–Crippen MR) is 87.3 cm³/mol. The molecule has 3 heterocycles. The topological polar surface area (TPSA) is 105 Å². The second kappa shape index (κ2) is 5.78. The number of fused-ring (bicyclic) bond motifs is 1. The monoisotopic (exact) mass is 334 g/mol. The van der Waals surface area contributed by atoms with Crippen LogP contribution in [0.2, 0.25) is 0 Å². The molecule has 3 rings (SSSR count). The van der Waals surface area contributed by atoms with Crippen molar-refractivity contribution in [3.8, 4) is 0 Å². The average Bonchev–Trinajstić information content (AvgIpc) is 2.74. The number of rotatable bonds is 3. The maximum Gasteiger partial charge on any atom is 0.337 e. The van der Waals surface area contributed by atoms with Crippen molar-refractivity contribution in [1.29, 1.82) is 0 Å². The van der Waals surface area contributed by atoms with Crippen LogP contribution in [-0.4, -0.2) is 37.5 Å². The highest BCUT2D eigenvalue weighted by Crippen LogP contribution is 2.21. The Bertz CT molecular complexity index is 893. The minimum atomic E-state index is -0.921. The smallest absolute Gasteiger partial charge is 0.337 e. The molecule has 0 bridgehead atoms. The Hall–Kier alpha value is -2.19. The fourth-order valence-corrected chi connectivity index (χ4v) is 3.38. The molecule has 0 spiro atoms. The normalized spacial score (nSPS) is 14.7. The van der Waals surface area contributed by atoms with Gasteiger partial charge in [-0.25, -0.2) is 4.79 Å². The number of hydrogen-bond donors (Lipinski definition) is 4. The number of hydrogen-bond acceptors (Lipinski definition) is 4. The van der Waals surface area contributed by atoms with Crippen molar-refractivity contribution in [3.05, 3.63) is 48.9 Å². The number of aromatic amines is 3. The van der Waals surface area contributed by atoms with Crippen molar-refractivity contribution >= 4 is 18.2 Å². The Morgan fingerprint density at radius 3 is 2.70 bits per heavy atom. The van der Waals surface area contributed by atoms with Gasteiger partial charge in [0.1, 0.15) is 0 Å². The van der Waals surface area contributed by atoms with E-state index in [2.05, 4.69) is 19.9 Å². The molecule has 0 atom stereocenters. The molecule has 122 valence electrons. The Kier molecular flexibility index (Phi) is 3.95. The van der Waals surface area contributed by atoms with Gasteiger partial charge in [0.05, 0.1) is 11.1 Å². The summed E-state index contributed by atoms with van der Waals surface area (Å²) in [5.41, 5.74) is 4.05. The first-order valence-electron chi connectivity index (χ1n) is 7.35. The van der Waals surface area contributed by atoms with Gasteiger partial charge < -0.3 is 15.1 Å². The molecule has 0 amide bonds. The van der Waals surface area contributed by atoms with Crippen LogP contribution in [0.4, 0.5) is 0 Å². The highest BCUT2D eigenvalue weighted by molar-refractivity contribution is 7.71. The largest absolute Gasteiger partial charge is 0.478 e. The molecule has 1 aliphatic heterocycles. The Morgan fingerprint density at radius 1 is 1.30 bits per heavy atom. The van der Waals surface area contributed by atoms with Crippen molar-refractivity contribution in [2.75, 3.05) is 6.54 Å². The summed E-state index contributed by atoms with van der Waals surface area (Å²) >= 11 is 4.99. The quantitative estimate of drug-likeness (QED) is 0.639. The zero-order valence-corrected chi connectivity index (χ0v) is 13.8. The van der Waals surface area contributed by atoms with Crippen LogP contribution in [0.3, 0.4) is 0 Å². The maximum atomic E-state index is 12.0. The van der Waals surface area contributed by atoms with E-state index in [4.69, 9.17) is 12.2 Å². The molecule has 7 nitrogen and oxygen atoms in total. The van der Waals surface area contributed by atoms with Crippen LogP contribution in [0.25, 0.3) is 0 Å². The minimum absolute atomic E-state index is 0.154. The summed E-state index contributed by atoms with van der Waals surface area (Å²) in [6, 6.07) is 0. The highest BCUT2D eigenvalue weighted by Gasteiger charge is 2.23. The molecule has 0 aliphatic carbocycles. The van der Waals surface area contributed by atoms with Crippen molar-refractivity contribution in [3.63, 3.8) is 0 Å². The van der Waals surface area contributed by atoms with Crippen LogP contribution in [0.5, 0.6) is 0 Å². The zero-order chi connectivity index (χ0) is 16.7. The van der Waals surface area contributed by atoms with Crippen molar-refractivity contribution in [2.45, 2.75) is 33.4 Å². The molecule has 0 saturated carbocycles. The van der Waals surface area contributed by atoms with Crippen LogP contribution in [0.15, 0.2) is 4.79 Å². The molecule has 0 saturated heterocycles. The number of aromatic carboxylic acids is 1. The number of carboxylic acids is 1. The van der Waals surface area contributed by atoms with Gasteiger partial charge in [-0.15, -0.1) is 0 Å². The van der Waals surface area contributed by atoms with E-state index in [1.165, 1.54) is 0 Å². The molecule has 0 unspecified atom stereocenters. The van der Waals surface area contributed by atoms with Gasteiger partial charge in [-0.1, -0.05) is 0 Å². The van der Waals surface area contributed by atoms with E-state index in [0.29, 0.717) is 41.1 Å². The summed E-state index contributed by atoms with van der Waals surface area (Å²) in [6.07, 6.45) is 0.716. The van der Waals surface area contributed by atoms with Gasteiger partial charge in [0, 0.05) is 43.1 Å². The second-order valence-corrected chi connectivity index (χ2v) is 6.27. The standard InChI is InChI=1S/C15H18N4O3S/c1-7-11(16-8(2)12(7)14(21)22)6-19-4-3-10-9(5-19)13(20)18-15(23)17-10/h16H,3-6H2,1-2H3,(H,21,22)(H2,17,18,20,23). The molecule has 2 aromatic rings. The van der Waals surface area contributed by atoms with E-state index in [0.717, 1.165) is 23.5 Å². The second-order valence-electron chi connectivity index (χ2n) is 5.86. The lowest BCUT2D eigenvalue weighted by Gasteiger charge is -2.27. The predicted octanol–water partition coefficient (Wildman–Crippen LogP) is 1.63. The third-order valence-electron chi connectivity index (χ3n) is 4.33. The van der Waals surface area contributed by atoms with Gasteiger partial charge in [-0.05, 0) is 31.6 Å². The van der Waals surface area contributed by atoms with Gasteiger partial charge in [0.2, 0.25) is 0 Å². The van der Waals surface area contributed by atoms with Gasteiger partial charge >= 0.3 is 5.97 Å². The summed E-state index contributed by atoms with van der Waals surface area (Å²) in [5.74, 6) is -0.921. The van der Waals surface area contributed by atoms with Crippen molar-refractivity contribution < 1.29 is 9.90 Å². The minimum Gasteiger partial charge on any atom is -0.478 e. The molecule has 1 aliphatic rings. The fourth-order valence-electron chi connectivity index (χ4n) is 3.16. The number of nitrogens with one attached hydrogen (secondary N) is 3. The van der Waals surface area contributed by atoms with Gasteiger partial charge in [0.15, 0.2) is 4.77 Å². The molecular weight excluding hydrogens is 316 g/mol. The lowest BCUT2D eigenvalue weighted by atomic mass is 10.1. The van der Waals surface area contributed by atoms with E-state index in [-0.39, 0.29) is 5.56 Å². The first kappa shape index (κ1) is 15.7. The number of aromatic nitrogens is 3. The molecule has 0 aromatic carbocycles. The average molecular weight is 334 g/mol. The number of carboxylic acid groups (broad SMARTS) is 1. The van der Waals surface area contributed by atoms with Crippen LogP contribution in [0.1, 0.15) is 38.6 Å². The van der Waals surface area contributed by atoms with E-state index in [1.54, 1.807) is 6.92 Å². The fraction of sp³-hybridized carbons (Fsp3) is 0.400. The Morgan fingerprint density at radius 2 is 2.04 bits per heavy atom. The lowest BCUT2D eigenvalue weighted by molar-refractivity contribution is 0.0695. The van der Waals surface area contributed by atoms with Crippen LogP contribution < -0.4 is 5.56 Å². The van der Waals surface area contributed by atoms with E-state index in [1.807, 2.05) is 6.92 Å². The number of nitrogens with zero attached hydrogens (tertiary/aromatic N) is 1. The van der Waals surface area contributed by atoms with Crippen LogP contribution >= 0.6 is 12.2 Å². The van der Waals surface area contributed by atoms with Gasteiger partial charge in [-0.3, -0.25) is 14.7 Å². The molecule has 0 radical (unpaired) electrons. The first-order chi connectivity index (χ1) is 10.9. The molecule has 4 N–H and O–H groups in total. The number of aryl methyl sites for hydroxylation is 1. The zero-order valence-electron chi connectivity index (χ0n) is 12.9. The SMILES string of the molecule is Cc1[nH]c(CN2CCc3[nH]c(=S)[nH]c(=O)c3C2)c(C)c1C(=O)O. The van der Waals surface area contributed by atoms with Crippen LogP contribution in [0, 0.1) is 18.6 Å². The van der Waals surface area contributed by atoms with Crippen molar-refractivity contribution in [2.24, 2.45) is 0 Å². The molecule has 8 heteroatoms. The third kappa shape index (κ3) is 2.87. The number of H-pyrrole nitrogens is 3. The van der Waals surface area contributed by atoms with Gasteiger partial charge in [-0.2, -0.15) is 0 Å². The molecule has 0 fully saturated rings. The summed E-state index contributed by atoms with van der Waals surface area (Å²) in [4.78, 5) is 34.3. The van der Waals surface area contributed by atoms with Crippen LogP contribution in [-0.2, 0) is 19.5 Å². The first-order valence-corrected chi connectivity index (χ1v) is 7.75. The molecular formula is C15H18N4O3S. The van der Waals surface area contributed by atoms with Crippen molar-refractivity contribution in [1.82, 2.24) is 19.9 Å².